The number of carbonyl (C=O) groups is 1. The average molecular weight is 234 g/mol. The van der Waals surface area contributed by atoms with Crippen molar-refractivity contribution in [3.05, 3.63) is 29.3 Å². The molecule has 0 aromatic heterocycles. The van der Waals surface area contributed by atoms with Gasteiger partial charge in [0.1, 0.15) is 0 Å². The summed E-state index contributed by atoms with van der Waals surface area (Å²) in [4.78, 5) is 13.7. The molecule has 1 aromatic carbocycles. The van der Waals surface area contributed by atoms with Crippen molar-refractivity contribution in [3.63, 3.8) is 0 Å². The van der Waals surface area contributed by atoms with Gasteiger partial charge in [0.15, 0.2) is 0 Å². The Bertz CT molecular complexity index is 368. The van der Waals surface area contributed by atoms with E-state index in [1.54, 1.807) is 4.90 Å². The molecule has 0 radical (unpaired) electrons. The minimum Gasteiger partial charge on any atom is -0.320 e. The van der Waals surface area contributed by atoms with Gasteiger partial charge in [-0.25, -0.2) is 0 Å². The maximum Gasteiger partial charge on any atom is 0.226 e. The molecule has 94 valence electrons. The first kappa shape index (κ1) is 13.7. The quantitative estimate of drug-likeness (QED) is 0.793. The zero-order chi connectivity index (χ0) is 12.8. The summed E-state index contributed by atoms with van der Waals surface area (Å²) in [5, 5.41) is 3.05. The molecule has 0 saturated carbocycles. The van der Waals surface area contributed by atoms with Gasteiger partial charge in [0.25, 0.3) is 0 Å². The van der Waals surface area contributed by atoms with Gasteiger partial charge in [0.05, 0.1) is 0 Å². The van der Waals surface area contributed by atoms with E-state index in [-0.39, 0.29) is 5.91 Å². The van der Waals surface area contributed by atoms with Gasteiger partial charge >= 0.3 is 0 Å². The molecule has 1 amide bonds. The zero-order valence-electron chi connectivity index (χ0n) is 11.2. The number of hydrogen-bond donors (Lipinski definition) is 1. The molecule has 0 bridgehead atoms. The largest absolute Gasteiger partial charge is 0.320 e. The smallest absolute Gasteiger partial charge is 0.226 e. The van der Waals surface area contributed by atoms with Gasteiger partial charge in [-0.05, 0) is 57.1 Å². The van der Waals surface area contributed by atoms with E-state index in [9.17, 15) is 4.79 Å². The molecule has 0 aliphatic rings. The number of aryl methyl sites for hydroxylation is 2. The van der Waals surface area contributed by atoms with Crippen molar-refractivity contribution >= 4 is 11.6 Å². The Hall–Kier alpha value is -1.35. The SMILES string of the molecule is CNCCCC(=O)N(C)c1cc(C)cc(C)c1. The molecule has 0 aliphatic carbocycles. The molecule has 1 N–H and O–H groups in total. The van der Waals surface area contributed by atoms with Gasteiger partial charge in [-0.15, -0.1) is 0 Å². The number of hydrogen-bond acceptors (Lipinski definition) is 2. The van der Waals surface area contributed by atoms with Crippen LogP contribution in [0.25, 0.3) is 0 Å². The van der Waals surface area contributed by atoms with Crippen LogP contribution >= 0.6 is 0 Å². The van der Waals surface area contributed by atoms with Crippen molar-refractivity contribution < 1.29 is 4.79 Å². The third kappa shape index (κ3) is 4.19. The number of amides is 1. The molecule has 3 nitrogen and oxygen atoms in total. The van der Waals surface area contributed by atoms with Crippen LogP contribution in [0.1, 0.15) is 24.0 Å². The molecular formula is C14H22N2O. The van der Waals surface area contributed by atoms with Gasteiger partial charge in [-0.3, -0.25) is 4.79 Å². The monoisotopic (exact) mass is 234 g/mol. The summed E-state index contributed by atoms with van der Waals surface area (Å²) < 4.78 is 0. The summed E-state index contributed by atoms with van der Waals surface area (Å²) >= 11 is 0. The van der Waals surface area contributed by atoms with E-state index in [1.807, 2.05) is 26.2 Å². The highest BCUT2D eigenvalue weighted by Crippen LogP contribution is 2.18. The molecule has 0 unspecified atom stereocenters. The summed E-state index contributed by atoms with van der Waals surface area (Å²) in [7, 11) is 3.74. The first-order valence-electron chi connectivity index (χ1n) is 6.04. The number of carbonyl (C=O) groups excluding carboxylic acids is 1. The minimum absolute atomic E-state index is 0.172. The van der Waals surface area contributed by atoms with E-state index >= 15 is 0 Å². The average Bonchev–Trinajstić information content (AvgIpc) is 2.27. The van der Waals surface area contributed by atoms with Crippen LogP contribution in [0.4, 0.5) is 5.69 Å². The Morgan fingerprint density at radius 2 is 1.82 bits per heavy atom. The lowest BCUT2D eigenvalue weighted by atomic mass is 10.1. The number of nitrogens with zero attached hydrogens (tertiary/aromatic N) is 1. The Morgan fingerprint density at radius 1 is 1.24 bits per heavy atom. The van der Waals surface area contributed by atoms with Crippen LogP contribution in [-0.2, 0) is 4.79 Å². The number of rotatable bonds is 5. The standard InChI is InChI=1S/C14H22N2O/c1-11-8-12(2)10-13(9-11)16(4)14(17)6-5-7-15-3/h8-10,15H,5-7H2,1-4H3. The van der Waals surface area contributed by atoms with Crippen molar-refractivity contribution in [1.82, 2.24) is 5.32 Å². The summed E-state index contributed by atoms with van der Waals surface area (Å²) in [5.74, 6) is 0.172. The van der Waals surface area contributed by atoms with Crippen LogP contribution < -0.4 is 10.2 Å². The van der Waals surface area contributed by atoms with Crippen LogP contribution in [0, 0.1) is 13.8 Å². The maximum atomic E-state index is 11.9. The third-order valence-electron chi connectivity index (χ3n) is 2.79. The lowest BCUT2D eigenvalue weighted by molar-refractivity contribution is -0.118. The first-order chi connectivity index (χ1) is 8.04. The molecule has 0 heterocycles. The van der Waals surface area contributed by atoms with Gasteiger partial charge in [-0.2, -0.15) is 0 Å². The van der Waals surface area contributed by atoms with Crippen LogP contribution in [-0.4, -0.2) is 26.5 Å². The Labute approximate surface area is 104 Å². The summed E-state index contributed by atoms with van der Waals surface area (Å²) in [6, 6.07) is 6.20. The molecule has 0 spiro atoms. The van der Waals surface area contributed by atoms with Gasteiger partial charge in [0.2, 0.25) is 5.91 Å². The van der Waals surface area contributed by atoms with Gasteiger partial charge in [0, 0.05) is 19.2 Å². The Balaban J connectivity index is 2.67. The molecule has 0 aliphatic heterocycles. The Morgan fingerprint density at radius 3 is 2.35 bits per heavy atom. The second-order valence-corrected chi connectivity index (χ2v) is 4.51. The maximum absolute atomic E-state index is 11.9. The molecule has 0 atom stereocenters. The van der Waals surface area contributed by atoms with Crippen LogP contribution in [0.5, 0.6) is 0 Å². The molecule has 3 heteroatoms. The fraction of sp³-hybridized carbons (Fsp3) is 0.500. The van der Waals surface area contributed by atoms with E-state index in [0.717, 1.165) is 18.7 Å². The highest BCUT2D eigenvalue weighted by Gasteiger charge is 2.10. The lowest BCUT2D eigenvalue weighted by Crippen LogP contribution is -2.26. The fourth-order valence-corrected chi connectivity index (χ4v) is 1.87. The highest BCUT2D eigenvalue weighted by atomic mass is 16.2. The number of benzene rings is 1. The van der Waals surface area contributed by atoms with Crippen molar-refractivity contribution in [3.8, 4) is 0 Å². The van der Waals surface area contributed by atoms with Crippen molar-refractivity contribution in [1.29, 1.82) is 0 Å². The van der Waals surface area contributed by atoms with E-state index in [2.05, 4.69) is 25.2 Å². The second kappa shape index (κ2) is 6.40. The van der Waals surface area contributed by atoms with Crippen LogP contribution in [0.3, 0.4) is 0 Å². The lowest BCUT2D eigenvalue weighted by Gasteiger charge is -2.18. The molecule has 17 heavy (non-hydrogen) atoms. The topological polar surface area (TPSA) is 32.3 Å². The fourth-order valence-electron chi connectivity index (χ4n) is 1.87. The van der Waals surface area contributed by atoms with Crippen LogP contribution in [0.2, 0.25) is 0 Å². The van der Waals surface area contributed by atoms with Gasteiger partial charge in [-0.1, -0.05) is 6.07 Å². The van der Waals surface area contributed by atoms with E-state index in [4.69, 9.17) is 0 Å². The minimum atomic E-state index is 0.172. The first-order valence-corrected chi connectivity index (χ1v) is 6.04. The molecule has 0 saturated heterocycles. The van der Waals surface area contributed by atoms with Gasteiger partial charge < -0.3 is 10.2 Å². The molecule has 1 aromatic rings. The Kier molecular flexibility index (Phi) is 5.16. The summed E-state index contributed by atoms with van der Waals surface area (Å²) in [5.41, 5.74) is 3.36. The predicted molar refractivity (Wildman–Crippen MR) is 72.5 cm³/mol. The second-order valence-electron chi connectivity index (χ2n) is 4.51. The number of anilines is 1. The molecule has 1 rings (SSSR count). The summed E-state index contributed by atoms with van der Waals surface area (Å²) in [6.45, 7) is 4.98. The zero-order valence-corrected chi connectivity index (χ0v) is 11.2. The highest BCUT2D eigenvalue weighted by molar-refractivity contribution is 5.92. The van der Waals surface area contributed by atoms with E-state index in [0.29, 0.717) is 6.42 Å². The van der Waals surface area contributed by atoms with E-state index < -0.39 is 0 Å². The van der Waals surface area contributed by atoms with Crippen LogP contribution in [0.15, 0.2) is 18.2 Å². The third-order valence-corrected chi connectivity index (χ3v) is 2.79. The molecular weight excluding hydrogens is 212 g/mol. The predicted octanol–water partition coefficient (Wildman–Crippen LogP) is 2.27. The normalized spacial score (nSPS) is 10.4. The molecule has 0 fully saturated rings. The van der Waals surface area contributed by atoms with E-state index in [1.165, 1.54) is 11.1 Å². The van der Waals surface area contributed by atoms with Crippen molar-refractivity contribution in [2.75, 3.05) is 25.5 Å². The number of nitrogens with one attached hydrogen (secondary N) is 1. The summed E-state index contributed by atoms with van der Waals surface area (Å²) in [6.07, 6.45) is 1.47. The van der Waals surface area contributed by atoms with Crippen molar-refractivity contribution in [2.45, 2.75) is 26.7 Å². The van der Waals surface area contributed by atoms with Crippen molar-refractivity contribution in [2.24, 2.45) is 0 Å².